The molecule has 0 saturated carbocycles. The molecule has 2 aromatic rings. The van der Waals surface area contributed by atoms with Gasteiger partial charge in [-0.05, 0) is 67.2 Å². The van der Waals surface area contributed by atoms with Crippen molar-refractivity contribution in [2.24, 2.45) is 0 Å². The van der Waals surface area contributed by atoms with Crippen LogP contribution in [0, 0.1) is 0 Å². The molecule has 30 heavy (non-hydrogen) atoms. The van der Waals surface area contributed by atoms with E-state index in [-0.39, 0.29) is 4.32 Å². The largest absolute Gasteiger partial charge is 0.479 e. The number of aliphatic carboxylic acids is 1. The van der Waals surface area contributed by atoms with E-state index in [1.165, 1.54) is 19.1 Å². The number of nitrogens with zero attached hydrogens (tertiary/aromatic N) is 1. The van der Waals surface area contributed by atoms with Gasteiger partial charge in [-0.2, -0.15) is 5.01 Å². The van der Waals surface area contributed by atoms with Gasteiger partial charge in [-0.3, -0.25) is 15.0 Å². The van der Waals surface area contributed by atoms with Crippen molar-refractivity contribution in [1.82, 2.24) is 10.4 Å². The second kappa shape index (κ2) is 9.29. The van der Waals surface area contributed by atoms with Crippen molar-refractivity contribution in [2.45, 2.75) is 13.0 Å². The number of ether oxygens (including phenoxy) is 1. The van der Waals surface area contributed by atoms with Crippen LogP contribution < -0.4 is 10.2 Å². The molecule has 2 amide bonds. The minimum atomic E-state index is -1.09. The van der Waals surface area contributed by atoms with E-state index in [0.29, 0.717) is 26.8 Å². The molecule has 7 nitrogen and oxygen atoms in total. The maximum Gasteiger partial charge on any atom is 0.344 e. The summed E-state index contributed by atoms with van der Waals surface area (Å²) >= 11 is 12.1. The summed E-state index contributed by atoms with van der Waals surface area (Å²) in [5, 5.41) is 10.5. The number of hydrogen-bond acceptors (Lipinski definition) is 6. The van der Waals surface area contributed by atoms with E-state index in [1.807, 2.05) is 0 Å². The molecule has 1 saturated heterocycles. The number of nitrogens with one attached hydrogen (secondary N) is 1. The first-order chi connectivity index (χ1) is 14.2. The Labute approximate surface area is 186 Å². The Kier molecular flexibility index (Phi) is 6.76. The van der Waals surface area contributed by atoms with Gasteiger partial charge >= 0.3 is 5.97 Å². The third kappa shape index (κ3) is 5.18. The number of thioether (sulfide) groups is 1. The number of hydrogen-bond donors (Lipinski definition) is 2. The summed E-state index contributed by atoms with van der Waals surface area (Å²) in [6.07, 6.45) is 0.577. The zero-order valence-corrected chi connectivity index (χ0v) is 17.9. The van der Waals surface area contributed by atoms with E-state index < -0.39 is 23.9 Å². The summed E-state index contributed by atoms with van der Waals surface area (Å²) in [7, 11) is 0. The second-order valence-electron chi connectivity index (χ2n) is 6.14. The molecule has 1 aliphatic rings. The van der Waals surface area contributed by atoms with Crippen LogP contribution in [0.4, 0.5) is 0 Å². The number of thiocarbonyl (C=S) groups is 1. The molecule has 0 radical (unpaired) electrons. The van der Waals surface area contributed by atoms with E-state index in [0.717, 1.165) is 16.8 Å². The number of carbonyl (C=O) groups is 3. The lowest BCUT2D eigenvalue weighted by molar-refractivity contribution is -0.144. The van der Waals surface area contributed by atoms with Crippen molar-refractivity contribution in [3.63, 3.8) is 0 Å². The molecule has 154 valence electrons. The Hall–Kier alpha value is -2.88. The van der Waals surface area contributed by atoms with E-state index in [1.54, 1.807) is 42.5 Å². The van der Waals surface area contributed by atoms with Gasteiger partial charge in [-0.15, -0.1) is 0 Å². The van der Waals surface area contributed by atoms with Gasteiger partial charge in [-0.1, -0.05) is 35.5 Å². The third-order valence-corrected chi connectivity index (χ3v) is 5.48. The quantitative estimate of drug-likeness (QED) is 0.498. The van der Waals surface area contributed by atoms with Crippen molar-refractivity contribution in [2.75, 3.05) is 0 Å². The topological polar surface area (TPSA) is 95.9 Å². The summed E-state index contributed by atoms with van der Waals surface area (Å²) in [6, 6.07) is 12.9. The monoisotopic (exact) mass is 462 g/mol. The van der Waals surface area contributed by atoms with Crippen LogP contribution in [0.15, 0.2) is 53.4 Å². The summed E-state index contributed by atoms with van der Waals surface area (Å²) < 4.78 is 5.52. The lowest BCUT2D eigenvalue weighted by Gasteiger charge is -2.15. The number of halogens is 1. The van der Waals surface area contributed by atoms with E-state index in [2.05, 4.69) is 5.43 Å². The predicted molar refractivity (Wildman–Crippen MR) is 118 cm³/mol. The smallest absolute Gasteiger partial charge is 0.344 e. The Morgan fingerprint density at radius 1 is 1.27 bits per heavy atom. The summed E-state index contributed by atoms with van der Waals surface area (Å²) in [5.41, 5.74) is 3.44. The van der Waals surface area contributed by atoms with Gasteiger partial charge in [0.25, 0.3) is 11.8 Å². The molecule has 1 fully saturated rings. The number of benzene rings is 2. The molecule has 0 spiro atoms. The standard InChI is InChI=1S/C20H15ClN2O5S2/c1-11(19(26)27)28-15-4-2-3-12(9-15)10-16-18(25)23(20(29)30-16)22-17(24)13-5-7-14(21)8-6-13/h2-11H,1H3,(H,22,24)(H,26,27)/b16-10+. The van der Waals surface area contributed by atoms with Crippen molar-refractivity contribution < 1.29 is 24.2 Å². The van der Waals surface area contributed by atoms with E-state index in [9.17, 15) is 14.4 Å². The number of carboxylic acids is 1. The zero-order valence-electron chi connectivity index (χ0n) is 15.5. The summed E-state index contributed by atoms with van der Waals surface area (Å²) in [4.78, 5) is 36.3. The minimum absolute atomic E-state index is 0.181. The van der Waals surface area contributed by atoms with Crippen molar-refractivity contribution >= 4 is 63.8 Å². The van der Waals surface area contributed by atoms with E-state index >= 15 is 0 Å². The fourth-order valence-corrected chi connectivity index (χ4v) is 3.72. The SMILES string of the molecule is CC(Oc1cccc(/C=C2/SC(=S)N(NC(=O)c3ccc(Cl)cc3)C2=O)c1)C(=O)O. The first-order valence-electron chi connectivity index (χ1n) is 8.58. The second-order valence-corrected chi connectivity index (χ2v) is 8.25. The number of carbonyl (C=O) groups excluding carboxylic acids is 2. The molecular weight excluding hydrogens is 448 g/mol. The number of carboxylic acid groups (broad SMARTS) is 1. The highest BCUT2D eigenvalue weighted by Crippen LogP contribution is 2.32. The highest BCUT2D eigenvalue weighted by Gasteiger charge is 2.33. The normalized spacial score (nSPS) is 15.9. The number of amides is 2. The van der Waals surface area contributed by atoms with Crippen LogP contribution in [0.3, 0.4) is 0 Å². The molecule has 1 atom stereocenters. The Balaban J connectivity index is 1.74. The molecule has 0 aromatic heterocycles. The van der Waals surface area contributed by atoms with Crippen LogP contribution in [-0.4, -0.2) is 38.3 Å². The van der Waals surface area contributed by atoms with Gasteiger partial charge in [-0.25, -0.2) is 4.79 Å². The first kappa shape index (κ1) is 21.8. The van der Waals surface area contributed by atoms with Crippen LogP contribution in [-0.2, 0) is 9.59 Å². The molecule has 3 rings (SSSR count). The Morgan fingerprint density at radius 2 is 1.97 bits per heavy atom. The summed E-state index contributed by atoms with van der Waals surface area (Å²) in [6.45, 7) is 1.42. The van der Waals surface area contributed by atoms with Gasteiger partial charge in [0, 0.05) is 10.6 Å². The fraction of sp³-hybridized carbons (Fsp3) is 0.100. The van der Waals surface area contributed by atoms with E-state index in [4.69, 9.17) is 33.7 Å². The predicted octanol–water partition coefficient (Wildman–Crippen LogP) is 3.74. The van der Waals surface area contributed by atoms with Crippen LogP contribution in [0.2, 0.25) is 5.02 Å². The molecule has 1 unspecified atom stereocenters. The molecule has 10 heteroatoms. The molecule has 2 aromatic carbocycles. The first-order valence-corrected chi connectivity index (χ1v) is 10.2. The average molecular weight is 463 g/mol. The summed E-state index contributed by atoms with van der Waals surface area (Å²) in [5.74, 6) is -1.71. The highest BCUT2D eigenvalue weighted by molar-refractivity contribution is 8.26. The molecule has 1 heterocycles. The van der Waals surface area contributed by atoms with Gasteiger partial charge in [0.1, 0.15) is 5.75 Å². The van der Waals surface area contributed by atoms with Crippen molar-refractivity contribution in [3.8, 4) is 5.75 Å². The average Bonchev–Trinajstić information content (AvgIpc) is 2.96. The molecule has 0 bridgehead atoms. The molecule has 2 N–H and O–H groups in total. The maximum atomic E-state index is 12.7. The molecule has 0 aliphatic carbocycles. The van der Waals surface area contributed by atoms with Gasteiger partial charge in [0.05, 0.1) is 4.91 Å². The van der Waals surface area contributed by atoms with Gasteiger partial charge in [0.2, 0.25) is 0 Å². The van der Waals surface area contributed by atoms with Crippen LogP contribution in [0.25, 0.3) is 6.08 Å². The van der Waals surface area contributed by atoms with Crippen molar-refractivity contribution in [3.05, 3.63) is 69.6 Å². The number of rotatable bonds is 6. The van der Waals surface area contributed by atoms with Crippen molar-refractivity contribution in [1.29, 1.82) is 0 Å². The molecule has 1 aliphatic heterocycles. The minimum Gasteiger partial charge on any atom is -0.479 e. The zero-order chi connectivity index (χ0) is 21.8. The van der Waals surface area contributed by atoms with Gasteiger partial charge < -0.3 is 9.84 Å². The van der Waals surface area contributed by atoms with Crippen LogP contribution in [0.1, 0.15) is 22.8 Å². The fourth-order valence-electron chi connectivity index (χ4n) is 2.41. The van der Waals surface area contributed by atoms with Crippen LogP contribution >= 0.6 is 35.6 Å². The molecular formula is C20H15ClN2O5S2. The van der Waals surface area contributed by atoms with Crippen LogP contribution in [0.5, 0.6) is 5.75 Å². The third-order valence-electron chi connectivity index (χ3n) is 3.93. The van der Waals surface area contributed by atoms with Gasteiger partial charge in [0.15, 0.2) is 10.4 Å². The number of hydrazine groups is 1. The highest BCUT2D eigenvalue weighted by atomic mass is 35.5. The lowest BCUT2D eigenvalue weighted by Crippen LogP contribution is -2.44. The lowest BCUT2D eigenvalue weighted by atomic mass is 10.2. The Bertz CT molecular complexity index is 1060. The maximum absolute atomic E-state index is 12.7. The Morgan fingerprint density at radius 3 is 2.63 bits per heavy atom.